The molecule has 0 atom stereocenters. The minimum atomic E-state index is -0.0795. The summed E-state index contributed by atoms with van der Waals surface area (Å²) in [4.78, 5) is 11.2. The second kappa shape index (κ2) is 7.21. The molecule has 1 N–H and O–H groups in total. The molecule has 0 radical (unpaired) electrons. The van der Waals surface area contributed by atoms with E-state index < -0.39 is 0 Å². The lowest BCUT2D eigenvalue weighted by molar-refractivity contribution is -0.115. The molecular weight excluding hydrogens is 242 g/mol. The van der Waals surface area contributed by atoms with Crippen molar-refractivity contribution in [3.05, 3.63) is 29.8 Å². The zero-order valence-corrected chi connectivity index (χ0v) is 10.3. The van der Waals surface area contributed by atoms with Gasteiger partial charge in [0.1, 0.15) is 0 Å². The molecule has 0 fully saturated rings. The Balaban J connectivity index is 2.61. The first-order valence-corrected chi connectivity index (χ1v) is 5.98. The van der Waals surface area contributed by atoms with Crippen LogP contribution in [-0.4, -0.2) is 17.5 Å². The maximum absolute atomic E-state index is 11.2. The van der Waals surface area contributed by atoms with Gasteiger partial charge in [0.25, 0.3) is 0 Å². The van der Waals surface area contributed by atoms with Crippen LogP contribution in [0.1, 0.15) is 12.0 Å². The third kappa shape index (κ3) is 4.61. The van der Waals surface area contributed by atoms with Gasteiger partial charge in [-0.3, -0.25) is 4.79 Å². The van der Waals surface area contributed by atoms with Crippen LogP contribution in [0.5, 0.6) is 0 Å². The number of nitrogens with one attached hydrogen (secondary N) is 1. The second-order valence-electron chi connectivity index (χ2n) is 3.02. The zero-order valence-electron chi connectivity index (χ0n) is 8.66. The Bertz CT molecular complexity index is 405. The maximum atomic E-state index is 11.2. The van der Waals surface area contributed by atoms with E-state index in [-0.39, 0.29) is 5.91 Å². The third-order valence-corrected chi connectivity index (χ3v) is 2.15. The molecule has 0 aliphatic rings. The van der Waals surface area contributed by atoms with Gasteiger partial charge in [0, 0.05) is 23.6 Å². The van der Waals surface area contributed by atoms with E-state index in [4.69, 9.17) is 11.6 Å². The molecule has 0 unspecified atom stereocenters. The van der Waals surface area contributed by atoms with Crippen molar-refractivity contribution in [2.45, 2.75) is 6.42 Å². The summed E-state index contributed by atoms with van der Waals surface area (Å²) in [6.45, 7) is 0. The van der Waals surface area contributed by atoms with E-state index in [1.54, 1.807) is 0 Å². The number of benzene rings is 1. The van der Waals surface area contributed by atoms with Crippen LogP contribution in [0.2, 0.25) is 0 Å². The number of carbonyl (C=O) groups excluding carboxylic acids is 1. The van der Waals surface area contributed by atoms with Crippen molar-refractivity contribution < 1.29 is 4.79 Å². The predicted octanol–water partition coefficient (Wildman–Crippen LogP) is 2.54. The Kier molecular flexibility index (Phi) is 5.84. The second-order valence-corrected chi connectivity index (χ2v) is 3.72. The summed E-state index contributed by atoms with van der Waals surface area (Å²) in [6.07, 6.45) is 0.322. The fraction of sp³-hybridized carbons (Fsp3) is 0.250. The van der Waals surface area contributed by atoms with Gasteiger partial charge in [0.15, 0.2) is 0 Å². The highest BCUT2D eigenvalue weighted by Crippen LogP contribution is 2.09. The molecule has 1 aromatic carbocycles. The number of hydrogen-bond donors (Lipinski definition) is 2. The highest BCUT2D eigenvalue weighted by Gasteiger charge is 2.00. The van der Waals surface area contributed by atoms with E-state index >= 15 is 0 Å². The van der Waals surface area contributed by atoms with Gasteiger partial charge >= 0.3 is 0 Å². The topological polar surface area (TPSA) is 29.1 Å². The van der Waals surface area contributed by atoms with Gasteiger partial charge in [-0.15, -0.1) is 11.6 Å². The summed E-state index contributed by atoms with van der Waals surface area (Å²) in [5.41, 5.74) is 1.66. The number of alkyl halides is 1. The standard InChI is InChI=1S/C12H12ClNOS/c13-8-7-12(15)14-11-5-3-10(4-6-11)2-1-9-16/h3-6,16H,7-9H2,(H,14,15). The van der Waals surface area contributed by atoms with E-state index in [9.17, 15) is 4.79 Å². The van der Waals surface area contributed by atoms with Crippen LogP contribution in [0.3, 0.4) is 0 Å². The molecule has 4 heteroatoms. The molecule has 0 saturated heterocycles. The minimum Gasteiger partial charge on any atom is -0.326 e. The number of halogens is 1. The molecule has 0 aromatic heterocycles. The summed E-state index contributed by atoms with van der Waals surface area (Å²) in [5, 5.41) is 2.74. The van der Waals surface area contributed by atoms with Gasteiger partial charge in [-0.1, -0.05) is 11.8 Å². The average Bonchev–Trinajstić information content (AvgIpc) is 2.28. The SMILES string of the molecule is O=C(CCCl)Nc1ccc(C#CCS)cc1. The Morgan fingerprint density at radius 3 is 2.62 bits per heavy atom. The molecule has 0 saturated carbocycles. The van der Waals surface area contributed by atoms with Crippen molar-refractivity contribution in [2.24, 2.45) is 0 Å². The van der Waals surface area contributed by atoms with Crippen LogP contribution in [0, 0.1) is 11.8 Å². The minimum absolute atomic E-state index is 0.0795. The Morgan fingerprint density at radius 1 is 1.38 bits per heavy atom. The Hall–Kier alpha value is -1.11. The highest BCUT2D eigenvalue weighted by atomic mass is 35.5. The average molecular weight is 254 g/mol. The van der Waals surface area contributed by atoms with Crippen LogP contribution in [0.4, 0.5) is 5.69 Å². The van der Waals surface area contributed by atoms with Crippen molar-refractivity contribution in [3.8, 4) is 11.8 Å². The van der Waals surface area contributed by atoms with E-state index in [1.807, 2.05) is 24.3 Å². The predicted molar refractivity (Wildman–Crippen MR) is 71.1 cm³/mol. The lowest BCUT2D eigenvalue weighted by Gasteiger charge is -2.03. The smallest absolute Gasteiger partial charge is 0.225 e. The molecule has 84 valence electrons. The number of amides is 1. The molecule has 2 nitrogen and oxygen atoms in total. The van der Waals surface area contributed by atoms with Crippen molar-refractivity contribution in [3.63, 3.8) is 0 Å². The van der Waals surface area contributed by atoms with E-state index in [0.29, 0.717) is 18.1 Å². The molecule has 0 spiro atoms. The van der Waals surface area contributed by atoms with E-state index in [1.165, 1.54) is 0 Å². The summed E-state index contributed by atoms with van der Waals surface area (Å²) in [7, 11) is 0. The fourth-order valence-corrected chi connectivity index (χ4v) is 1.34. The first kappa shape index (κ1) is 13.0. The van der Waals surface area contributed by atoms with Crippen LogP contribution in [0.25, 0.3) is 0 Å². The number of rotatable bonds is 3. The van der Waals surface area contributed by atoms with Gasteiger partial charge in [-0.2, -0.15) is 12.6 Å². The summed E-state index contributed by atoms with van der Waals surface area (Å²) in [6, 6.07) is 7.34. The molecule has 1 aromatic rings. The Labute approximate surface area is 106 Å². The van der Waals surface area contributed by atoms with Gasteiger partial charge in [-0.05, 0) is 24.3 Å². The quantitative estimate of drug-likeness (QED) is 0.484. The largest absolute Gasteiger partial charge is 0.326 e. The molecule has 1 rings (SSSR count). The molecule has 1 amide bonds. The lowest BCUT2D eigenvalue weighted by Crippen LogP contribution is -2.11. The first-order valence-electron chi connectivity index (χ1n) is 4.82. The van der Waals surface area contributed by atoms with Crippen LogP contribution < -0.4 is 5.32 Å². The molecule has 0 bridgehead atoms. The van der Waals surface area contributed by atoms with Crippen LogP contribution >= 0.6 is 24.2 Å². The maximum Gasteiger partial charge on any atom is 0.225 e. The highest BCUT2D eigenvalue weighted by molar-refractivity contribution is 7.80. The van der Waals surface area contributed by atoms with Crippen LogP contribution in [-0.2, 0) is 4.79 Å². The summed E-state index contributed by atoms with van der Waals surface area (Å²) >= 11 is 9.46. The number of anilines is 1. The van der Waals surface area contributed by atoms with Gasteiger partial charge in [0.05, 0.1) is 5.75 Å². The molecular formula is C12H12ClNOS. The van der Waals surface area contributed by atoms with Gasteiger partial charge < -0.3 is 5.32 Å². The van der Waals surface area contributed by atoms with E-state index in [2.05, 4.69) is 29.8 Å². The van der Waals surface area contributed by atoms with Crippen molar-refractivity contribution >= 4 is 35.8 Å². The molecule has 16 heavy (non-hydrogen) atoms. The van der Waals surface area contributed by atoms with Gasteiger partial charge in [0.2, 0.25) is 5.91 Å². The monoisotopic (exact) mass is 253 g/mol. The van der Waals surface area contributed by atoms with Crippen molar-refractivity contribution in [1.29, 1.82) is 0 Å². The number of carbonyl (C=O) groups is 1. The summed E-state index contributed by atoms with van der Waals surface area (Å²) < 4.78 is 0. The number of thiol groups is 1. The first-order chi connectivity index (χ1) is 7.76. The normalized spacial score (nSPS) is 9.12. The number of hydrogen-bond acceptors (Lipinski definition) is 2. The van der Waals surface area contributed by atoms with Crippen molar-refractivity contribution in [1.82, 2.24) is 0 Å². The lowest BCUT2D eigenvalue weighted by atomic mass is 10.2. The van der Waals surface area contributed by atoms with Gasteiger partial charge in [-0.25, -0.2) is 0 Å². The summed E-state index contributed by atoms with van der Waals surface area (Å²) in [5.74, 6) is 6.58. The Morgan fingerprint density at radius 2 is 2.06 bits per heavy atom. The molecule has 0 aliphatic carbocycles. The van der Waals surface area contributed by atoms with E-state index in [0.717, 1.165) is 11.3 Å². The van der Waals surface area contributed by atoms with Crippen molar-refractivity contribution in [2.75, 3.05) is 16.9 Å². The third-order valence-electron chi connectivity index (χ3n) is 1.80. The molecule has 0 heterocycles. The molecule has 0 aliphatic heterocycles. The van der Waals surface area contributed by atoms with Crippen LogP contribution in [0.15, 0.2) is 24.3 Å². The zero-order chi connectivity index (χ0) is 11.8. The fourth-order valence-electron chi connectivity index (χ4n) is 1.09.